The topological polar surface area (TPSA) is 45.0 Å². The van der Waals surface area contributed by atoms with Crippen LogP contribution in [0.15, 0.2) is 36.4 Å². The highest BCUT2D eigenvalue weighted by Crippen LogP contribution is 2.26. The zero-order valence-corrected chi connectivity index (χ0v) is 10.6. The summed E-state index contributed by atoms with van der Waals surface area (Å²) in [4.78, 5) is 0. The molecular weight excluding hydrogens is 224 g/mol. The number of benzene rings is 2. The van der Waals surface area contributed by atoms with Crippen LogP contribution in [0.4, 0.5) is 5.69 Å². The highest BCUT2D eigenvalue weighted by atomic mass is 16.5. The van der Waals surface area contributed by atoms with Gasteiger partial charge in [0, 0.05) is 30.1 Å². The lowest BCUT2D eigenvalue weighted by Gasteiger charge is -2.14. The van der Waals surface area contributed by atoms with Gasteiger partial charge in [0.05, 0.1) is 17.7 Å². The van der Waals surface area contributed by atoms with E-state index in [-0.39, 0.29) is 6.10 Å². The second kappa shape index (κ2) is 5.52. The number of hydrogen-bond acceptors (Lipinski definition) is 3. The maximum Gasteiger partial charge on any atom is 0.0998 e. The van der Waals surface area contributed by atoms with Crippen LogP contribution in [0, 0.1) is 11.3 Å². The molecule has 18 heavy (non-hydrogen) atoms. The Morgan fingerprint density at radius 2 is 1.94 bits per heavy atom. The summed E-state index contributed by atoms with van der Waals surface area (Å²) in [5.41, 5.74) is 1.74. The Morgan fingerprint density at radius 1 is 1.22 bits per heavy atom. The Bertz CT molecular complexity index is 587. The lowest BCUT2D eigenvalue weighted by molar-refractivity contribution is 0.129. The molecule has 0 amide bonds. The molecule has 0 aliphatic rings. The molecule has 3 heteroatoms. The first-order valence-corrected chi connectivity index (χ1v) is 5.94. The van der Waals surface area contributed by atoms with Crippen LogP contribution in [-0.2, 0) is 4.74 Å². The van der Waals surface area contributed by atoms with E-state index in [1.165, 1.54) is 0 Å². The standard InChI is InChI=1S/C15H16N2O/c1-11(18-2)10-17-15-8-7-12(9-16)13-5-3-4-6-14(13)15/h3-8,11,17H,10H2,1-2H3. The van der Waals surface area contributed by atoms with Gasteiger partial charge in [-0.2, -0.15) is 5.26 Å². The van der Waals surface area contributed by atoms with E-state index in [1.807, 2.05) is 43.3 Å². The molecule has 0 saturated heterocycles. The molecule has 0 heterocycles. The summed E-state index contributed by atoms with van der Waals surface area (Å²) in [6.07, 6.45) is 0.152. The first-order valence-electron chi connectivity index (χ1n) is 5.94. The summed E-state index contributed by atoms with van der Waals surface area (Å²) < 4.78 is 5.21. The smallest absolute Gasteiger partial charge is 0.0998 e. The van der Waals surface area contributed by atoms with Crippen LogP contribution < -0.4 is 5.32 Å². The quantitative estimate of drug-likeness (QED) is 0.892. The molecule has 0 aromatic heterocycles. The van der Waals surface area contributed by atoms with E-state index < -0.39 is 0 Å². The molecule has 0 radical (unpaired) electrons. The van der Waals surface area contributed by atoms with Gasteiger partial charge in [-0.15, -0.1) is 0 Å². The zero-order valence-electron chi connectivity index (χ0n) is 10.6. The van der Waals surface area contributed by atoms with Crippen molar-refractivity contribution in [2.75, 3.05) is 19.0 Å². The average molecular weight is 240 g/mol. The summed E-state index contributed by atoms with van der Waals surface area (Å²) in [6.45, 7) is 2.76. The summed E-state index contributed by atoms with van der Waals surface area (Å²) in [7, 11) is 1.70. The minimum Gasteiger partial charge on any atom is -0.382 e. The maximum atomic E-state index is 9.09. The van der Waals surface area contributed by atoms with E-state index in [0.717, 1.165) is 23.0 Å². The average Bonchev–Trinajstić information content (AvgIpc) is 2.44. The largest absolute Gasteiger partial charge is 0.382 e. The second-order valence-corrected chi connectivity index (χ2v) is 4.25. The Kier molecular flexibility index (Phi) is 3.81. The zero-order chi connectivity index (χ0) is 13.0. The van der Waals surface area contributed by atoms with Crippen molar-refractivity contribution in [2.24, 2.45) is 0 Å². The van der Waals surface area contributed by atoms with Gasteiger partial charge in [-0.1, -0.05) is 24.3 Å². The fourth-order valence-corrected chi connectivity index (χ4v) is 1.89. The maximum absolute atomic E-state index is 9.09. The number of anilines is 1. The van der Waals surface area contributed by atoms with E-state index in [2.05, 4.69) is 11.4 Å². The molecule has 0 spiro atoms. The number of nitrogens with zero attached hydrogens (tertiary/aromatic N) is 1. The Balaban J connectivity index is 2.38. The van der Waals surface area contributed by atoms with Crippen molar-refractivity contribution in [1.29, 1.82) is 5.26 Å². The van der Waals surface area contributed by atoms with E-state index in [0.29, 0.717) is 5.56 Å². The predicted molar refractivity (Wildman–Crippen MR) is 73.6 cm³/mol. The molecular formula is C15H16N2O. The van der Waals surface area contributed by atoms with E-state index >= 15 is 0 Å². The molecule has 92 valence electrons. The number of fused-ring (bicyclic) bond motifs is 1. The minimum absolute atomic E-state index is 0.152. The monoisotopic (exact) mass is 240 g/mol. The van der Waals surface area contributed by atoms with Crippen molar-refractivity contribution >= 4 is 16.5 Å². The normalized spacial score (nSPS) is 12.1. The van der Waals surface area contributed by atoms with Gasteiger partial charge in [0.15, 0.2) is 0 Å². The lowest BCUT2D eigenvalue weighted by atomic mass is 10.0. The van der Waals surface area contributed by atoms with Gasteiger partial charge in [-0.3, -0.25) is 0 Å². The first kappa shape index (κ1) is 12.4. The second-order valence-electron chi connectivity index (χ2n) is 4.25. The van der Waals surface area contributed by atoms with Crippen LogP contribution in [0.3, 0.4) is 0 Å². The van der Waals surface area contributed by atoms with Gasteiger partial charge in [-0.05, 0) is 19.1 Å². The van der Waals surface area contributed by atoms with E-state index in [9.17, 15) is 0 Å². The van der Waals surface area contributed by atoms with Crippen molar-refractivity contribution in [3.63, 3.8) is 0 Å². The van der Waals surface area contributed by atoms with Gasteiger partial charge in [0.1, 0.15) is 0 Å². The summed E-state index contributed by atoms with van der Waals surface area (Å²) in [5, 5.41) is 14.5. The highest BCUT2D eigenvalue weighted by Gasteiger charge is 2.06. The summed E-state index contributed by atoms with van der Waals surface area (Å²) in [6, 6.07) is 13.9. The minimum atomic E-state index is 0.152. The molecule has 1 unspecified atom stereocenters. The molecule has 2 rings (SSSR count). The number of ether oxygens (including phenoxy) is 1. The van der Waals surface area contributed by atoms with Crippen molar-refractivity contribution in [2.45, 2.75) is 13.0 Å². The molecule has 0 aliphatic heterocycles. The Hall–Kier alpha value is -2.05. The van der Waals surface area contributed by atoms with Crippen LogP contribution in [0.5, 0.6) is 0 Å². The third-order valence-electron chi connectivity index (χ3n) is 3.03. The third kappa shape index (κ3) is 2.44. The molecule has 0 fully saturated rings. The van der Waals surface area contributed by atoms with Crippen molar-refractivity contribution in [1.82, 2.24) is 0 Å². The molecule has 3 nitrogen and oxygen atoms in total. The van der Waals surface area contributed by atoms with Gasteiger partial charge in [0.25, 0.3) is 0 Å². The molecule has 1 N–H and O–H groups in total. The third-order valence-corrected chi connectivity index (χ3v) is 3.03. The number of hydrogen-bond donors (Lipinski definition) is 1. The van der Waals surface area contributed by atoms with Crippen molar-refractivity contribution in [3.05, 3.63) is 42.0 Å². The van der Waals surface area contributed by atoms with Gasteiger partial charge < -0.3 is 10.1 Å². The van der Waals surface area contributed by atoms with Crippen LogP contribution in [0.25, 0.3) is 10.8 Å². The Labute approximate surface area is 107 Å². The summed E-state index contributed by atoms with van der Waals surface area (Å²) >= 11 is 0. The molecule has 0 bridgehead atoms. The number of methoxy groups -OCH3 is 1. The Morgan fingerprint density at radius 3 is 2.61 bits per heavy atom. The van der Waals surface area contributed by atoms with Crippen molar-refractivity contribution < 1.29 is 4.74 Å². The van der Waals surface area contributed by atoms with Crippen LogP contribution in [0.1, 0.15) is 12.5 Å². The predicted octanol–water partition coefficient (Wildman–Crippen LogP) is 3.16. The van der Waals surface area contributed by atoms with Gasteiger partial charge in [-0.25, -0.2) is 0 Å². The SMILES string of the molecule is COC(C)CNc1ccc(C#N)c2ccccc12. The van der Waals surface area contributed by atoms with Crippen LogP contribution in [0.2, 0.25) is 0 Å². The molecule has 0 aliphatic carbocycles. The van der Waals surface area contributed by atoms with E-state index in [4.69, 9.17) is 10.00 Å². The summed E-state index contributed by atoms with van der Waals surface area (Å²) in [5.74, 6) is 0. The fraction of sp³-hybridized carbons (Fsp3) is 0.267. The molecule has 2 aromatic carbocycles. The van der Waals surface area contributed by atoms with Gasteiger partial charge in [0.2, 0.25) is 0 Å². The molecule has 1 atom stereocenters. The number of nitriles is 1. The molecule has 0 saturated carbocycles. The first-order chi connectivity index (χ1) is 8.76. The highest BCUT2D eigenvalue weighted by molar-refractivity contribution is 5.97. The lowest BCUT2D eigenvalue weighted by Crippen LogP contribution is -2.18. The number of nitrogens with one attached hydrogen (secondary N) is 1. The van der Waals surface area contributed by atoms with Crippen LogP contribution in [-0.4, -0.2) is 19.8 Å². The fourth-order valence-electron chi connectivity index (χ4n) is 1.89. The molecule has 2 aromatic rings. The van der Waals surface area contributed by atoms with Crippen LogP contribution >= 0.6 is 0 Å². The van der Waals surface area contributed by atoms with Crippen molar-refractivity contribution in [3.8, 4) is 6.07 Å². The van der Waals surface area contributed by atoms with E-state index in [1.54, 1.807) is 7.11 Å². The van der Waals surface area contributed by atoms with Gasteiger partial charge >= 0.3 is 0 Å². The number of rotatable bonds is 4.